The van der Waals surface area contributed by atoms with Gasteiger partial charge < -0.3 is 9.94 Å². The van der Waals surface area contributed by atoms with Crippen LogP contribution in [0.25, 0.3) is 0 Å². The molecular weight excluding hydrogens is 355 g/mol. The first-order valence-corrected chi connectivity index (χ1v) is 8.72. The van der Waals surface area contributed by atoms with Crippen LogP contribution in [0, 0.1) is 0 Å². The van der Waals surface area contributed by atoms with Crippen LogP contribution in [-0.4, -0.2) is 17.9 Å². The van der Waals surface area contributed by atoms with E-state index in [1.54, 1.807) is 12.1 Å². The molecule has 27 heavy (non-hydrogen) atoms. The van der Waals surface area contributed by atoms with Crippen molar-refractivity contribution >= 4 is 5.71 Å². The zero-order valence-electron chi connectivity index (χ0n) is 16.1. The van der Waals surface area contributed by atoms with Crippen molar-refractivity contribution in [3.63, 3.8) is 0 Å². The van der Waals surface area contributed by atoms with Crippen molar-refractivity contribution in [2.45, 2.75) is 45.7 Å². The molecule has 0 saturated heterocycles. The van der Waals surface area contributed by atoms with Gasteiger partial charge in [0.05, 0.1) is 5.56 Å². The van der Waals surface area contributed by atoms with E-state index in [4.69, 9.17) is 4.84 Å². The van der Waals surface area contributed by atoms with Gasteiger partial charge in [-0.15, -0.1) is 0 Å². The number of aromatic hydroxyl groups is 1. The molecule has 0 fully saturated rings. The van der Waals surface area contributed by atoms with Crippen molar-refractivity contribution in [2.24, 2.45) is 5.16 Å². The van der Waals surface area contributed by atoms with Gasteiger partial charge in [-0.25, -0.2) is 0 Å². The average molecular weight is 379 g/mol. The van der Waals surface area contributed by atoms with Crippen LogP contribution in [0.3, 0.4) is 0 Å². The summed E-state index contributed by atoms with van der Waals surface area (Å²) in [6.07, 6.45) is -4.40. The lowest BCUT2D eigenvalue weighted by atomic mass is 9.89. The minimum Gasteiger partial charge on any atom is -0.507 e. The molecule has 3 nitrogen and oxygen atoms in total. The van der Waals surface area contributed by atoms with Crippen molar-refractivity contribution in [3.8, 4) is 5.75 Å². The van der Waals surface area contributed by atoms with Crippen molar-refractivity contribution in [1.29, 1.82) is 0 Å². The Balaban J connectivity index is 2.62. The average Bonchev–Trinajstić information content (AvgIpc) is 2.59. The van der Waals surface area contributed by atoms with Crippen LogP contribution >= 0.6 is 0 Å². The Labute approximate surface area is 157 Å². The van der Waals surface area contributed by atoms with Gasteiger partial charge in [0, 0.05) is 11.1 Å². The highest BCUT2D eigenvalue weighted by Gasteiger charge is 2.30. The second-order valence-corrected chi connectivity index (χ2v) is 7.01. The van der Waals surface area contributed by atoms with E-state index < -0.39 is 11.7 Å². The van der Waals surface area contributed by atoms with E-state index in [1.807, 2.05) is 27.7 Å². The van der Waals surface area contributed by atoms with Crippen molar-refractivity contribution < 1.29 is 23.1 Å². The smallest absolute Gasteiger partial charge is 0.416 e. The summed E-state index contributed by atoms with van der Waals surface area (Å²) in [4.78, 5) is 4.94. The van der Waals surface area contributed by atoms with Gasteiger partial charge in [0.1, 0.15) is 18.6 Å². The molecule has 1 N–H and O–H groups in total. The van der Waals surface area contributed by atoms with Crippen molar-refractivity contribution in [3.05, 3.63) is 64.2 Å². The molecule has 0 aliphatic rings. The quantitative estimate of drug-likeness (QED) is 0.507. The third-order valence-electron chi connectivity index (χ3n) is 4.35. The molecular formula is C21H24F3NO2. The summed E-state index contributed by atoms with van der Waals surface area (Å²) in [5.41, 5.74) is 2.38. The predicted octanol–water partition coefficient (Wildman–Crippen LogP) is 6.06. The summed E-state index contributed by atoms with van der Waals surface area (Å²) in [6.45, 7) is 7.87. The molecule has 2 aromatic rings. The lowest BCUT2D eigenvalue weighted by Gasteiger charge is -2.18. The second-order valence-electron chi connectivity index (χ2n) is 7.01. The number of phenolic OH excluding ortho intramolecular Hbond substituents is 1. The number of oxime groups is 1. The monoisotopic (exact) mass is 379 g/mol. The standard InChI is InChI=1S/C21H24F3NO2/c1-12(2)17-10-15(11-18(13(3)4)20(17)26)19(25-27-5)14-6-8-16(9-7-14)21(22,23)24/h6-13,26H,1-5H3. The number of hydrogen-bond donors (Lipinski definition) is 1. The van der Waals surface area contributed by atoms with Crippen LogP contribution in [0.2, 0.25) is 0 Å². The minimum absolute atomic E-state index is 0.0684. The van der Waals surface area contributed by atoms with Gasteiger partial charge in [0.25, 0.3) is 0 Å². The highest BCUT2D eigenvalue weighted by Crippen LogP contribution is 2.36. The molecule has 0 saturated carbocycles. The van der Waals surface area contributed by atoms with Gasteiger partial charge in [-0.1, -0.05) is 45.0 Å². The van der Waals surface area contributed by atoms with Crippen LogP contribution < -0.4 is 0 Å². The lowest BCUT2D eigenvalue weighted by molar-refractivity contribution is -0.137. The van der Waals surface area contributed by atoms with E-state index in [-0.39, 0.29) is 17.6 Å². The number of nitrogens with zero attached hydrogens (tertiary/aromatic N) is 1. The fourth-order valence-electron chi connectivity index (χ4n) is 2.88. The lowest BCUT2D eigenvalue weighted by Crippen LogP contribution is -2.09. The van der Waals surface area contributed by atoms with Gasteiger partial charge in [0.2, 0.25) is 0 Å². The highest BCUT2D eigenvalue weighted by atomic mass is 19.4. The summed E-state index contributed by atoms with van der Waals surface area (Å²) in [7, 11) is 1.39. The Kier molecular flexibility index (Phi) is 6.19. The van der Waals surface area contributed by atoms with E-state index in [0.717, 1.165) is 23.3 Å². The van der Waals surface area contributed by atoms with Crippen LogP contribution in [0.5, 0.6) is 5.75 Å². The van der Waals surface area contributed by atoms with Crippen LogP contribution in [0.1, 0.15) is 67.3 Å². The van der Waals surface area contributed by atoms with E-state index in [0.29, 0.717) is 16.8 Å². The maximum Gasteiger partial charge on any atom is 0.416 e. The van der Waals surface area contributed by atoms with Crippen molar-refractivity contribution in [1.82, 2.24) is 0 Å². The first-order valence-electron chi connectivity index (χ1n) is 8.72. The molecule has 0 aromatic heterocycles. The minimum atomic E-state index is -4.40. The molecule has 0 amide bonds. The molecule has 0 bridgehead atoms. The number of halogens is 3. The molecule has 0 unspecified atom stereocenters. The number of benzene rings is 2. The molecule has 146 valence electrons. The summed E-state index contributed by atoms with van der Waals surface area (Å²) in [5, 5.41) is 14.6. The largest absolute Gasteiger partial charge is 0.507 e. The first kappa shape index (κ1) is 20.8. The molecule has 0 aliphatic carbocycles. The molecule has 0 radical (unpaired) electrons. The Morgan fingerprint density at radius 2 is 1.41 bits per heavy atom. The molecule has 0 atom stereocenters. The summed E-state index contributed by atoms with van der Waals surface area (Å²) in [6, 6.07) is 8.40. The predicted molar refractivity (Wildman–Crippen MR) is 100 cm³/mol. The summed E-state index contributed by atoms with van der Waals surface area (Å²) >= 11 is 0. The van der Waals surface area contributed by atoms with Gasteiger partial charge in [-0.2, -0.15) is 13.2 Å². The maximum absolute atomic E-state index is 12.8. The Hall–Kier alpha value is -2.50. The third-order valence-corrected chi connectivity index (χ3v) is 4.35. The molecule has 6 heteroatoms. The zero-order chi connectivity index (χ0) is 20.4. The second kappa shape index (κ2) is 8.03. The summed E-state index contributed by atoms with van der Waals surface area (Å²) < 4.78 is 38.5. The molecule has 0 spiro atoms. The number of hydrogen-bond acceptors (Lipinski definition) is 3. The fraction of sp³-hybridized carbons (Fsp3) is 0.381. The normalized spacial score (nSPS) is 12.7. The first-order chi connectivity index (χ1) is 12.6. The van der Waals surface area contributed by atoms with Gasteiger partial charge >= 0.3 is 6.18 Å². The van der Waals surface area contributed by atoms with E-state index in [9.17, 15) is 18.3 Å². The van der Waals surface area contributed by atoms with Crippen LogP contribution in [0.15, 0.2) is 41.6 Å². The third kappa shape index (κ3) is 4.62. The van der Waals surface area contributed by atoms with Gasteiger partial charge in [0.15, 0.2) is 0 Å². The number of alkyl halides is 3. The number of rotatable bonds is 5. The van der Waals surface area contributed by atoms with Crippen molar-refractivity contribution in [2.75, 3.05) is 7.11 Å². The van der Waals surface area contributed by atoms with Gasteiger partial charge in [-0.3, -0.25) is 0 Å². The highest BCUT2D eigenvalue weighted by molar-refractivity contribution is 6.13. The molecule has 0 heterocycles. The van der Waals surface area contributed by atoms with E-state index in [2.05, 4.69) is 5.16 Å². The van der Waals surface area contributed by atoms with E-state index in [1.165, 1.54) is 19.2 Å². The van der Waals surface area contributed by atoms with Gasteiger partial charge in [-0.05, 0) is 47.2 Å². The van der Waals surface area contributed by atoms with Crippen LogP contribution in [0.4, 0.5) is 13.2 Å². The van der Waals surface area contributed by atoms with E-state index >= 15 is 0 Å². The molecule has 2 aromatic carbocycles. The Bertz CT molecular complexity index is 793. The number of phenols is 1. The SMILES string of the molecule is CON=C(c1ccc(C(F)(F)F)cc1)c1cc(C(C)C)c(O)c(C(C)C)c1. The molecule has 2 rings (SSSR count). The molecule has 0 aliphatic heterocycles. The Morgan fingerprint density at radius 1 is 0.926 bits per heavy atom. The summed E-state index contributed by atoms with van der Waals surface area (Å²) in [5.74, 6) is 0.380. The van der Waals surface area contributed by atoms with Crippen LogP contribution in [-0.2, 0) is 11.0 Å². The zero-order valence-corrected chi connectivity index (χ0v) is 16.1. The maximum atomic E-state index is 12.8. The Morgan fingerprint density at radius 3 is 1.78 bits per heavy atom. The topological polar surface area (TPSA) is 41.8 Å². The fourth-order valence-corrected chi connectivity index (χ4v) is 2.88.